The summed E-state index contributed by atoms with van der Waals surface area (Å²) in [4.78, 5) is 2.42. The quantitative estimate of drug-likeness (QED) is 0.873. The third kappa shape index (κ3) is 2.41. The predicted molar refractivity (Wildman–Crippen MR) is 72.5 cm³/mol. The van der Waals surface area contributed by atoms with Crippen LogP contribution in [-0.4, -0.2) is 43.5 Å². The molecule has 1 aromatic rings. The van der Waals surface area contributed by atoms with E-state index in [4.69, 9.17) is 0 Å². The highest BCUT2D eigenvalue weighted by atomic mass is 16.3. The van der Waals surface area contributed by atoms with Gasteiger partial charge in [0, 0.05) is 26.1 Å². The number of hydrogen-bond donors (Lipinski definition) is 1. The summed E-state index contributed by atoms with van der Waals surface area (Å²) in [5, 5.41) is 19.0. The summed E-state index contributed by atoms with van der Waals surface area (Å²) in [5.41, 5.74) is -0.384. The first-order valence-electron chi connectivity index (χ1n) is 7.38. The highest BCUT2D eigenvalue weighted by Gasteiger charge is 2.42. The van der Waals surface area contributed by atoms with Crippen LogP contribution in [0, 0.1) is 12.8 Å². The van der Waals surface area contributed by atoms with E-state index in [2.05, 4.69) is 19.7 Å². The summed E-state index contributed by atoms with van der Waals surface area (Å²) >= 11 is 0. The van der Waals surface area contributed by atoms with E-state index < -0.39 is 0 Å². The van der Waals surface area contributed by atoms with Crippen LogP contribution in [0.25, 0.3) is 0 Å². The van der Waals surface area contributed by atoms with E-state index >= 15 is 0 Å². The van der Waals surface area contributed by atoms with Crippen molar-refractivity contribution in [3.8, 4) is 0 Å². The average Bonchev–Trinajstić information content (AvgIpc) is 2.71. The van der Waals surface area contributed by atoms with Gasteiger partial charge < -0.3 is 9.67 Å². The SMILES string of the molecule is Cc1nnc(CN2CCC3(O)CCCCC3C2)n1C. The molecule has 1 N–H and O–H groups in total. The average molecular weight is 264 g/mol. The van der Waals surface area contributed by atoms with Crippen LogP contribution in [0.2, 0.25) is 0 Å². The highest BCUT2D eigenvalue weighted by Crippen LogP contribution is 2.39. The normalized spacial score (nSPS) is 32.3. The molecule has 19 heavy (non-hydrogen) atoms. The fraction of sp³-hybridized carbons (Fsp3) is 0.857. The van der Waals surface area contributed by atoms with Crippen molar-refractivity contribution in [3.63, 3.8) is 0 Å². The van der Waals surface area contributed by atoms with Gasteiger partial charge >= 0.3 is 0 Å². The Morgan fingerprint density at radius 1 is 1.32 bits per heavy atom. The summed E-state index contributed by atoms with van der Waals surface area (Å²) < 4.78 is 2.06. The topological polar surface area (TPSA) is 54.2 Å². The fourth-order valence-electron chi connectivity index (χ4n) is 3.57. The summed E-state index contributed by atoms with van der Waals surface area (Å²) in [7, 11) is 2.02. The lowest BCUT2D eigenvalue weighted by atomic mass is 9.71. The van der Waals surface area contributed by atoms with Crippen LogP contribution in [-0.2, 0) is 13.6 Å². The Labute approximate surface area is 114 Å². The Bertz CT molecular complexity index is 458. The minimum Gasteiger partial charge on any atom is -0.390 e. The molecule has 1 aliphatic heterocycles. The molecule has 1 saturated carbocycles. The van der Waals surface area contributed by atoms with Crippen LogP contribution in [0.4, 0.5) is 0 Å². The minimum absolute atomic E-state index is 0.384. The zero-order valence-electron chi connectivity index (χ0n) is 12.0. The van der Waals surface area contributed by atoms with Gasteiger partial charge in [0.15, 0.2) is 0 Å². The van der Waals surface area contributed by atoms with Gasteiger partial charge in [-0.25, -0.2) is 0 Å². The number of nitrogens with zero attached hydrogens (tertiary/aromatic N) is 4. The number of fused-ring (bicyclic) bond motifs is 1. The largest absolute Gasteiger partial charge is 0.390 e. The third-order valence-electron chi connectivity index (χ3n) is 5.06. The van der Waals surface area contributed by atoms with Gasteiger partial charge in [-0.05, 0) is 26.2 Å². The van der Waals surface area contributed by atoms with Crippen molar-refractivity contribution < 1.29 is 5.11 Å². The van der Waals surface area contributed by atoms with E-state index in [0.29, 0.717) is 5.92 Å². The van der Waals surface area contributed by atoms with Gasteiger partial charge in [-0.2, -0.15) is 0 Å². The first-order valence-corrected chi connectivity index (χ1v) is 7.38. The van der Waals surface area contributed by atoms with Gasteiger partial charge in [-0.15, -0.1) is 10.2 Å². The van der Waals surface area contributed by atoms with E-state index in [0.717, 1.165) is 44.1 Å². The molecular weight excluding hydrogens is 240 g/mol. The molecule has 106 valence electrons. The van der Waals surface area contributed by atoms with Crippen molar-refractivity contribution >= 4 is 0 Å². The van der Waals surface area contributed by atoms with Crippen molar-refractivity contribution in [1.82, 2.24) is 19.7 Å². The summed E-state index contributed by atoms with van der Waals surface area (Å²) in [5.74, 6) is 2.43. The number of aryl methyl sites for hydroxylation is 1. The molecule has 0 aromatic carbocycles. The maximum atomic E-state index is 10.7. The molecular formula is C14H24N4O. The van der Waals surface area contributed by atoms with Crippen LogP contribution >= 0.6 is 0 Å². The zero-order chi connectivity index (χ0) is 13.5. The Kier molecular flexibility index (Phi) is 3.35. The van der Waals surface area contributed by atoms with E-state index in [1.54, 1.807) is 0 Å². The van der Waals surface area contributed by atoms with Crippen molar-refractivity contribution in [3.05, 3.63) is 11.6 Å². The van der Waals surface area contributed by atoms with Crippen LogP contribution in [0.3, 0.4) is 0 Å². The molecule has 0 spiro atoms. The van der Waals surface area contributed by atoms with Crippen LogP contribution < -0.4 is 0 Å². The van der Waals surface area contributed by atoms with Crippen molar-refractivity contribution in [2.45, 2.75) is 51.2 Å². The summed E-state index contributed by atoms with van der Waals surface area (Å²) in [6.45, 7) is 4.80. The van der Waals surface area contributed by atoms with E-state index in [-0.39, 0.29) is 5.60 Å². The van der Waals surface area contributed by atoms with Gasteiger partial charge in [0.05, 0.1) is 12.1 Å². The molecule has 3 rings (SSSR count). The number of likely N-dealkylation sites (tertiary alicyclic amines) is 1. The van der Waals surface area contributed by atoms with Crippen LogP contribution in [0.15, 0.2) is 0 Å². The Balaban J connectivity index is 1.66. The maximum absolute atomic E-state index is 10.7. The number of aromatic nitrogens is 3. The van der Waals surface area contributed by atoms with Crippen molar-refractivity contribution in [2.24, 2.45) is 13.0 Å². The van der Waals surface area contributed by atoms with E-state index in [1.807, 2.05) is 14.0 Å². The third-order valence-corrected chi connectivity index (χ3v) is 5.06. The minimum atomic E-state index is -0.384. The Morgan fingerprint density at radius 3 is 2.89 bits per heavy atom. The zero-order valence-corrected chi connectivity index (χ0v) is 12.0. The molecule has 2 fully saturated rings. The maximum Gasteiger partial charge on any atom is 0.146 e. The standard InChI is InChI=1S/C14H24N4O/c1-11-15-16-13(17(11)2)10-18-8-7-14(19)6-4-3-5-12(14)9-18/h12,19H,3-10H2,1-2H3. The smallest absolute Gasteiger partial charge is 0.146 e. The number of aliphatic hydroxyl groups is 1. The highest BCUT2D eigenvalue weighted by molar-refractivity contribution is 4.98. The van der Waals surface area contributed by atoms with Gasteiger partial charge in [-0.1, -0.05) is 12.8 Å². The molecule has 2 aliphatic rings. The number of hydrogen-bond acceptors (Lipinski definition) is 4. The second-order valence-electron chi connectivity index (χ2n) is 6.25. The van der Waals surface area contributed by atoms with E-state index in [9.17, 15) is 5.11 Å². The monoisotopic (exact) mass is 264 g/mol. The molecule has 1 aromatic heterocycles. The van der Waals surface area contributed by atoms with Gasteiger partial charge in [0.1, 0.15) is 11.6 Å². The molecule has 0 radical (unpaired) electrons. The van der Waals surface area contributed by atoms with Gasteiger partial charge in [-0.3, -0.25) is 4.90 Å². The molecule has 1 aliphatic carbocycles. The lowest BCUT2D eigenvalue weighted by Crippen LogP contribution is -2.53. The van der Waals surface area contributed by atoms with Crippen molar-refractivity contribution in [1.29, 1.82) is 0 Å². The van der Waals surface area contributed by atoms with Crippen LogP contribution in [0.5, 0.6) is 0 Å². The summed E-state index contributed by atoms with van der Waals surface area (Å²) in [6.07, 6.45) is 5.54. The predicted octanol–water partition coefficient (Wildman–Crippen LogP) is 1.25. The van der Waals surface area contributed by atoms with Crippen LogP contribution in [0.1, 0.15) is 43.8 Å². The lowest BCUT2D eigenvalue weighted by molar-refractivity contribution is -0.0972. The fourth-order valence-corrected chi connectivity index (χ4v) is 3.57. The second-order valence-corrected chi connectivity index (χ2v) is 6.25. The molecule has 5 heteroatoms. The molecule has 2 atom stereocenters. The second kappa shape index (κ2) is 4.87. The number of piperidine rings is 1. The van der Waals surface area contributed by atoms with Gasteiger partial charge in [0.2, 0.25) is 0 Å². The first kappa shape index (κ1) is 13.1. The lowest BCUT2D eigenvalue weighted by Gasteiger charge is -2.47. The molecule has 0 amide bonds. The first-order chi connectivity index (χ1) is 9.08. The Hall–Kier alpha value is -0.940. The summed E-state index contributed by atoms with van der Waals surface area (Å²) in [6, 6.07) is 0. The van der Waals surface area contributed by atoms with Crippen molar-refractivity contribution in [2.75, 3.05) is 13.1 Å². The Morgan fingerprint density at radius 2 is 2.16 bits per heavy atom. The molecule has 5 nitrogen and oxygen atoms in total. The molecule has 2 unspecified atom stereocenters. The molecule has 1 saturated heterocycles. The van der Waals surface area contributed by atoms with E-state index in [1.165, 1.54) is 19.3 Å². The molecule has 2 heterocycles. The molecule has 0 bridgehead atoms. The number of rotatable bonds is 2. The van der Waals surface area contributed by atoms with Gasteiger partial charge in [0.25, 0.3) is 0 Å².